The highest BCUT2D eigenvalue weighted by Gasteiger charge is 2.30. The quantitative estimate of drug-likeness (QED) is 0.419. The van der Waals surface area contributed by atoms with Gasteiger partial charge in [-0.05, 0) is 16.0 Å². The summed E-state index contributed by atoms with van der Waals surface area (Å²) in [6.07, 6.45) is 0. The maximum absolute atomic E-state index is 11.4. The lowest BCUT2D eigenvalue weighted by Crippen LogP contribution is -2.41. The fraction of sp³-hybridized carbons (Fsp3) is 0. The average molecular weight is 252 g/mol. The predicted octanol–water partition coefficient (Wildman–Crippen LogP) is -0.646. The van der Waals surface area contributed by atoms with Crippen molar-refractivity contribution in [1.82, 2.24) is 3.82 Å². The molecule has 0 aliphatic rings. The van der Waals surface area contributed by atoms with Gasteiger partial charge in [0, 0.05) is 0 Å². The molecular weight excluding hydrogens is 244 g/mol. The Bertz CT molecular complexity index is 536. The summed E-state index contributed by atoms with van der Waals surface area (Å²) in [7, 11) is -9.41. The number of sulfonamides is 1. The smallest absolute Gasteiger partial charge is 0.272 e. The van der Waals surface area contributed by atoms with Gasteiger partial charge in [0.15, 0.2) is 0 Å². The van der Waals surface area contributed by atoms with Gasteiger partial charge in [0.1, 0.15) is 0 Å². The molecule has 1 aromatic carbocycles. The van der Waals surface area contributed by atoms with Crippen LogP contribution in [0, 0.1) is 0 Å². The Kier molecular flexibility index (Phi) is 3.11. The molecule has 0 saturated heterocycles. The van der Waals surface area contributed by atoms with Gasteiger partial charge < -0.3 is 0 Å². The third-order valence-corrected chi connectivity index (χ3v) is 4.46. The van der Waals surface area contributed by atoms with E-state index in [1.807, 2.05) is 0 Å². The summed E-state index contributed by atoms with van der Waals surface area (Å²) in [6, 6.07) is 6.64. The molecule has 0 radical (unpaired) electrons. The van der Waals surface area contributed by atoms with Crippen LogP contribution in [0.15, 0.2) is 35.2 Å². The van der Waals surface area contributed by atoms with Gasteiger partial charge in [0.05, 0.1) is 4.90 Å². The van der Waals surface area contributed by atoms with Crippen LogP contribution in [-0.2, 0) is 20.3 Å². The molecular formula is C6H8N2O5S2. The number of hydrazine groups is 1. The van der Waals surface area contributed by atoms with Crippen LogP contribution in [0.1, 0.15) is 0 Å². The highest BCUT2D eigenvalue weighted by Crippen LogP contribution is 2.13. The van der Waals surface area contributed by atoms with E-state index in [0.29, 0.717) is 0 Å². The van der Waals surface area contributed by atoms with Gasteiger partial charge in [-0.15, -0.1) is 0 Å². The molecule has 0 saturated carbocycles. The second-order valence-electron chi connectivity index (χ2n) is 2.52. The van der Waals surface area contributed by atoms with E-state index in [1.165, 1.54) is 12.1 Å². The van der Waals surface area contributed by atoms with Crippen LogP contribution in [0.5, 0.6) is 0 Å². The Morgan fingerprint density at radius 2 is 1.53 bits per heavy atom. The van der Waals surface area contributed by atoms with Crippen LogP contribution < -0.4 is 5.84 Å². The molecule has 84 valence electrons. The molecule has 1 rings (SSSR count). The van der Waals surface area contributed by atoms with E-state index in [2.05, 4.69) is 0 Å². The van der Waals surface area contributed by atoms with E-state index in [9.17, 15) is 16.8 Å². The molecule has 0 aromatic heterocycles. The third kappa shape index (κ3) is 2.52. The first-order chi connectivity index (χ1) is 6.76. The van der Waals surface area contributed by atoms with Gasteiger partial charge in [-0.1, -0.05) is 18.2 Å². The zero-order valence-electron chi connectivity index (χ0n) is 7.31. The Morgan fingerprint density at radius 1 is 1.07 bits per heavy atom. The Balaban J connectivity index is 3.28. The maximum Gasteiger partial charge on any atom is 0.362 e. The highest BCUT2D eigenvalue weighted by atomic mass is 32.3. The summed E-state index contributed by atoms with van der Waals surface area (Å²) in [5.41, 5.74) is 0. The van der Waals surface area contributed by atoms with Gasteiger partial charge >= 0.3 is 10.3 Å². The van der Waals surface area contributed by atoms with E-state index >= 15 is 0 Å². The second-order valence-corrected chi connectivity index (χ2v) is 5.86. The molecule has 0 heterocycles. The summed E-state index contributed by atoms with van der Waals surface area (Å²) in [6.45, 7) is 0. The predicted molar refractivity (Wildman–Crippen MR) is 51.2 cm³/mol. The van der Waals surface area contributed by atoms with Crippen LogP contribution in [0.3, 0.4) is 0 Å². The molecule has 0 bridgehead atoms. The number of nitrogens with zero attached hydrogens (tertiary/aromatic N) is 1. The monoisotopic (exact) mass is 252 g/mol. The van der Waals surface area contributed by atoms with Crippen molar-refractivity contribution in [3.05, 3.63) is 30.3 Å². The first-order valence-corrected chi connectivity index (χ1v) is 6.42. The number of hydrogen-bond acceptors (Lipinski definition) is 5. The summed E-state index contributed by atoms with van der Waals surface area (Å²) >= 11 is 0. The Morgan fingerprint density at radius 3 is 1.93 bits per heavy atom. The number of hydrogen-bond donors (Lipinski definition) is 2. The normalized spacial score (nSPS) is 13.0. The van der Waals surface area contributed by atoms with Gasteiger partial charge in [0.25, 0.3) is 10.0 Å². The molecule has 1 aromatic rings. The van der Waals surface area contributed by atoms with E-state index in [1.54, 1.807) is 6.07 Å². The number of nitrogens with two attached hydrogens (primary N) is 1. The minimum atomic E-state index is -4.99. The highest BCUT2D eigenvalue weighted by molar-refractivity contribution is 8.01. The van der Waals surface area contributed by atoms with Crippen molar-refractivity contribution in [3.63, 3.8) is 0 Å². The lowest BCUT2D eigenvalue weighted by atomic mass is 10.4. The molecule has 0 aliphatic heterocycles. The van der Waals surface area contributed by atoms with Gasteiger partial charge in [-0.3, -0.25) is 4.55 Å². The fourth-order valence-corrected chi connectivity index (χ4v) is 2.78. The lowest BCUT2D eigenvalue weighted by molar-refractivity contribution is 0.423. The molecule has 7 nitrogen and oxygen atoms in total. The lowest BCUT2D eigenvalue weighted by Gasteiger charge is -2.12. The molecule has 0 spiro atoms. The number of rotatable bonds is 3. The SMILES string of the molecule is NN(S(=O)(=O)O)S(=O)(=O)c1ccccc1. The summed E-state index contributed by atoms with van der Waals surface area (Å²) in [4.78, 5) is -0.329. The molecule has 0 unspecified atom stereocenters. The van der Waals surface area contributed by atoms with Crippen molar-refractivity contribution in [1.29, 1.82) is 0 Å². The van der Waals surface area contributed by atoms with Crippen LogP contribution in [0.25, 0.3) is 0 Å². The zero-order valence-corrected chi connectivity index (χ0v) is 8.94. The van der Waals surface area contributed by atoms with Gasteiger partial charge in [-0.25, -0.2) is 14.3 Å². The van der Waals surface area contributed by atoms with Crippen LogP contribution in [0.4, 0.5) is 0 Å². The Labute approximate surface area is 87.0 Å². The van der Waals surface area contributed by atoms with E-state index in [4.69, 9.17) is 10.4 Å². The zero-order chi connectivity index (χ0) is 11.7. The summed E-state index contributed by atoms with van der Waals surface area (Å²) in [5.74, 6) is 4.77. The third-order valence-electron chi connectivity index (χ3n) is 1.51. The minimum absolute atomic E-state index is 0.329. The largest absolute Gasteiger partial charge is 0.362 e. The number of benzene rings is 1. The molecule has 0 fully saturated rings. The van der Waals surface area contributed by atoms with Crippen LogP contribution in [-0.4, -0.2) is 25.2 Å². The van der Waals surface area contributed by atoms with Crippen molar-refractivity contribution in [2.75, 3.05) is 0 Å². The second kappa shape index (κ2) is 3.87. The van der Waals surface area contributed by atoms with Crippen molar-refractivity contribution < 1.29 is 21.4 Å². The van der Waals surface area contributed by atoms with Gasteiger partial charge in [0.2, 0.25) is 0 Å². The first kappa shape index (κ1) is 12.1. The molecule has 0 aliphatic carbocycles. The molecule has 0 amide bonds. The first-order valence-electron chi connectivity index (χ1n) is 3.59. The Hall–Kier alpha value is -1.00. The van der Waals surface area contributed by atoms with Crippen LogP contribution in [0.2, 0.25) is 0 Å². The van der Waals surface area contributed by atoms with E-state index in [0.717, 1.165) is 12.1 Å². The van der Waals surface area contributed by atoms with Gasteiger partial charge in [-0.2, -0.15) is 8.42 Å². The average Bonchev–Trinajstić information content (AvgIpc) is 2.16. The minimum Gasteiger partial charge on any atom is -0.272 e. The molecule has 9 heteroatoms. The van der Waals surface area contributed by atoms with Crippen molar-refractivity contribution in [2.24, 2.45) is 5.84 Å². The molecule has 3 N–H and O–H groups in total. The van der Waals surface area contributed by atoms with Crippen molar-refractivity contribution in [2.45, 2.75) is 4.90 Å². The standard InChI is InChI=1S/C6H8N2O5S2/c7-8(15(11,12)13)14(9,10)6-4-2-1-3-5-6/h1-5H,7H2,(H,11,12,13). The topological polar surface area (TPSA) is 118 Å². The maximum atomic E-state index is 11.4. The molecule has 0 atom stereocenters. The van der Waals surface area contributed by atoms with Crippen molar-refractivity contribution >= 4 is 20.3 Å². The van der Waals surface area contributed by atoms with Crippen LogP contribution >= 0.6 is 0 Å². The summed E-state index contributed by atoms with van der Waals surface area (Å²) in [5, 5.41) is 0. The van der Waals surface area contributed by atoms with E-state index < -0.39 is 24.1 Å². The van der Waals surface area contributed by atoms with E-state index in [-0.39, 0.29) is 4.90 Å². The van der Waals surface area contributed by atoms with Crippen molar-refractivity contribution in [3.8, 4) is 0 Å². The molecule has 15 heavy (non-hydrogen) atoms. The fourth-order valence-electron chi connectivity index (χ4n) is 0.820. The summed E-state index contributed by atoms with van der Waals surface area (Å²) < 4.78 is 51.8.